The fraction of sp³-hybridized carbons (Fsp3) is 0.381. The van der Waals surface area contributed by atoms with Gasteiger partial charge in [-0.05, 0) is 39.0 Å². The molecular formula is C21H25N5O2. The van der Waals surface area contributed by atoms with Crippen LogP contribution in [-0.2, 0) is 11.8 Å². The van der Waals surface area contributed by atoms with Crippen molar-refractivity contribution in [2.45, 2.75) is 26.8 Å². The SMILES string of the molecule is Cc1nn(-c2ccccc2)c(C)c1C1COCCN1C(=O)c1cc(C)n(C)n1. The minimum absolute atomic E-state index is 0.0664. The molecule has 0 saturated carbocycles. The van der Waals surface area contributed by atoms with Crippen LogP contribution in [0.3, 0.4) is 0 Å². The average molecular weight is 379 g/mol. The van der Waals surface area contributed by atoms with Crippen LogP contribution in [-0.4, -0.2) is 50.1 Å². The Balaban J connectivity index is 1.72. The first-order valence-electron chi connectivity index (χ1n) is 9.48. The molecule has 3 heterocycles. The van der Waals surface area contributed by atoms with Crippen molar-refractivity contribution in [3.63, 3.8) is 0 Å². The number of rotatable bonds is 3. The number of carbonyl (C=O) groups excluding carboxylic acids is 1. The maximum atomic E-state index is 13.2. The Morgan fingerprint density at radius 3 is 2.57 bits per heavy atom. The number of hydrogen-bond donors (Lipinski definition) is 0. The molecule has 1 aliphatic rings. The molecule has 146 valence electrons. The molecule has 0 N–H and O–H groups in total. The number of aromatic nitrogens is 4. The third-order valence-corrected chi connectivity index (χ3v) is 5.40. The predicted molar refractivity (Wildman–Crippen MR) is 106 cm³/mol. The standard InChI is InChI=1S/C21H25N5O2/c1-14-12-18(23-24(14)4)21(27)25-10-11-28-13-19(25)20-15(2)22-26(16(20)3)17-8-6-5-7-9-17/h5-9,12,19H,10-11,13H2,1-4H3. The zero-order valence-corrected chi connectivity index (χ0v) is 16.7. The fourth-order valence-electron chi connectivity index (χ4n) is 3.86. The van der Waals surface area contributed by atoms with Crippen LogP contribution in [0, 0.1) is 20.8 Å². The lowest BCUT2D eigenvalue weighted by atomic mass is 10.0. The lowest BCUT2D eigenvalue weighted by Gasteiger charge is -2.35. The summed E-state index contributed by atoms with van der Waals surface area (Å²) in [5, 5.41) is 9.12. The molecule has 0 bridgehead atoms. The van der Waals surface area contributed by atoms with Crippen LogP contribution in [0.25, 0.3) is 5.69 Å². The van der Waals surface area contributed by atoms with Gasteiger partial charge in [0.05, 0.1) is 30.6 Å². The van der Waals surface area contributed by atoms with E-state index in [2.05, 4.69) is 5.10 Å². The Kier molecular flexibility index (Phi) is 4.77. The summed E-state index contributed by atoms with van der Waals surface area (Å²) >= 11 is 0. The summed E-state index contributed by atoms with van der Waals surface area (Å²) in [7, 11) is 1.85. The van der Waals surface area contributed by atoms with Crippen LogP contribution in [0.4, 0.5) is 0 Å². The number of amides is 1. The normalized spacial score (nSPS) is 17.1. The van der Waals surface area contributed by atoms with E-state index in [0.717, 1.165) is 28.3 Å². The molecule has 4 rings (SSSR count). The Labute approximate surface area is 164 Å². The summed E-state index contributed by atoms with van der Waals surface area (Å²) in [6.07, 6.45) is 0. The van der Waals surface area contributed by atoms with Gasteiger partial charge in [0.15, 0.2) is 5.69 Å². The van der Waals surface area contributed by atoms with E-state index in [0.29, 0.717) is 25.5 Å². The molecule has 7 nitrogen and oxygen atoms in total. The Morgan fingerprint density at radius 1 is 1.14 bits per heavy atom. The number of carbonyl (C=O) groups is 1. The predicted octanol–water partition coefficient (Wildman–Crippen LogP) is 2.74. The molecule has 1 aliphatic heterocycles. The van der Waals surface area contributed by atoms with E-state index in [9.17, 15) is 4.79 Å². The smallest absolute Gasteiger partial charge is 0.275 e. The molecule has 0 aliphatic carbocycles. The Morgan fingerprint density at radius 2 is 1.89 bits per heavy atom. The molecule has 1 atom stereocenters. The Hall–Kier alpha value is -2.93. The van der Waals surface area contributed by atoms with Gasteiger partial charge >= 0.3 is 0 Å². The Bertz CT molecular complexity index is 986. The summed E-state index contributed by atoms with van der Waals surface area (Å²) in [5.74, 6) is -0.0664. The van der Waals surface area contributed by atoms with Crippen molar-refractivity contribution in [3.8, 4) is 5.69 Å². The van der Waals surface area contributed by atoms with E-state index >= 15 is 0 Å². The summed E-state index contributed by atoms with van der Waals surface area (Å²) < 4.78 is 9.42. The number of morpholine rings is 1. The third-order valence-electron chi connectivity index (χ3n) is 5.40. The van der Waals surface area contributed by atoms with Gasteiger partial charge in [-0.25, -0.2) is 4.68 Å². The zero-order valence-electron chi connectivity index (χ0n) is 16.7. The third kappa shape index (κ3) is 3.11. The van der Waals surface area contributed by atoms with E-state index in [1.165, 1.54) is 0 Å². The van der Waals surface area contributed by atoms with Crippen LogP contribution in [0.15, 0.2) is 36.4 Å². The lowest BCUT2D eigenvalue weighted by Crippen LogP contribution is -2.44. The highest BCUT2D eigenvalue weighted by molar-refractivity contribution is 5.92. The monoisotopic (exact) mass is 379 g/mol. The molecule has 2 aromatic heterocycles. The van der Waals surface area contributed by atoms with Gasteiger partial charge < -0.3 is 9.64 Å². The highest BCUT2D eigenvalue weighted by atomic mass is 16.5. The maximum Gasteiger partial charge on any atom is 0.275 e. The van der Waals surface area contributed by atoms with Crippen LogP contribution in [0.5, 0.6) is 0 Å². The number of benzene rings is 1. The zero-order chi connectivity index (χ0) is 19.8. The molecule has 28 heavy (non-hydrogen) atoms. The topological polar surface area (TPSA) is 65.2 Å². The molecular weight excluding hydrogens is 354 g/mol. The van der Waals surface area contributed by atoms with Crippen LogP contribution < -0.4 is 0 Å². The van der Waals surface area contributed by atoms with Gasteiger partial charge in [-0.3, -0.25) is 9.48 Å². The largest absolute Gasteiger partial charge is 0.377 e. The second kappa shape index (κ2) is 7.24. The summed E-state index contributed by atoms with van der Waals surface area (Å²) in [6.45, 7) is 7.50. The van der Waals surface area contributed by atoms with Crippen molar-refractivity contribution < 1.29 is 9.53 Å². The molecule has 0 radical (unpaired) electrons. The van der Waals surface area contributed by atoms with Crippen molar-refractivity contribution >= 4 is 5.91 Å². The van der Waals surface area contributed by atoms with Crippen LogP contribution >= 0.6 is 0 Å². The number of nitrogens with zero attached hydrogens (tertiary/aromatic N) is 5. The molecule has 3 aromatic rings. The quantitative estimate of drug-likeness (QED) is 0.702. The van der Waals surface area contributed by atoms with Gasteiger partial charge in [0.1, 0.15) is 0 Å². The van der Waals surface area contributed by atoms with E-state index in [4.69, 9.17) is 9.84 Å². The van der Waals surface area contributed by atoms with Crippen molar-refractivity contribution in [2.24, 2.45) is 7.05 Å². The van der Waals surface area contributed by atoms with Gasteiger partial charge in [-0.1, -0.05) is 18.2 Å². The van der Waals surface area contributed by atoms with E-state index in [1.54, 1.807) is 4.68 Å². The minimum Gasteiger partial charge on any atom is -0.377 e. The molecule has 1 aromatic carbocycles. The number of ether oxygens (including phenoxy) is 1. The minimum atomic E-state index is -0.180. The van der Waals surface area contributed by atoms with Gasteiger partial charge in [0, 0.05) is 30.5 Å². The maximum absolute atomic E-state index is 13.2. The van der Waals surface area contributed by atoms with Crippen molar-refractivity contribution in [2.75, 3.05) is 19.8 Å². The van der Waals surface area contributed by atoms with E-state index in [-0.39, 0.29) is 11.9 Å². The van der Waals surface area contributed by atoms with Gasteiger partial charge in [-0.15, -0.1) is 0 Å². The molecule has 1 unspecified atom stereocenters. The van der Waals surface area contributed by atoms with Crippen molar-refractivity contribution in [1.82, 2.24) is 24.5 Å². The van der Waals surface area contributed by atoms with Crippen LogP contribution in [0.1, 0.15) is 39.2 Å². The number of aryl methyl sites for hydroxylation is 3. The molecule has 1 saturated heterocycles. The number of para-hydroxylation sites is 1. The van der Waals surface area contributed by atoms with Gasteiger partial charge in [0.25, 0.3) is 5.91 Å². The number of hydrogen-bond acceptors (Lipinski definition) is 4. The average Bonchev–Trinajstić information content (AvgIpc) is 3.20. The molecule has 1 amide bonds. The summed E-state index contributed by atoms with van der Waals surface area (Å²) in [5.41, 5.74) is 5.41. The first-order chi connectivity index (χ1) is 13.5. The van der Waals surface area contributed by atoms with E-state index in [1.807, 2.05) is 73.8 Å². The first kappa shape index (κ1) is 18.4. The molecule has 0 spiro atoms. The lowest BCUT2D eigenvalue weighted by molar-refractivity contribution is -0.00338. The molecule has 7 heteroatoms. The first-order valence-corrected chi connectivity index (χ1v) is 9.48. The molecule has 1 fully saturated rings. The van der Waals surface area contributed by atoms with Crippen molar-refractivity contribution in [1.29, 1.82) is 0 Å². The highest BCUT2D eigenvalue weighted by Gasteiger charge is 2.34. The van der Waals surface area contributed by atoms with Crippen LogP contribution in [0.2, 0.25) is 0 Å². The van der Waals surface area contributed by atoms with Crippen molar-refractivity contribution in [3.05, 3.63) is 64.7 Å². The van der Waals surface area contributed by atoms with Gasteiger partial charge in [-0.2, -0.15) is 10.2 Å². The second-order valence-corrected chi connectivity index (χ2v) is 7.22. The highest BCUT2D eigenvalue weighted by Crippen LogP contribution is 2.31. The van der Waals surface area contributed by atoms with Gasteiger partial charge in [0.2, 0.25) is 0 Å². The fourth-order valence-corrected chi connectivity index (χ4v) is 3.86. The van der Waals surface area contributed by atoms with E-state index < -0.39 is 0 Å². The summed E-state index contributed by atoms with van der Waals surface area (Å²) in [6, 6.07) is 11.7. The summed E-state index contributed by atoms with van der Waals surface area (Å²) in [4.78, 5) is 15.1. The second-order valence-electron chi connectivity index (χ2n) is 7.22.